The minimum Gasteiger partial charge on any atom is -0.348 e. The third-order valence-electron chi connectivity index (χ3n) is 3.10. The quantitative estimate of drug-likeness (QED) is 0.261. The third-order valence-corrected chi connectivity index (χ3v) is 3.10. The van der Waals surface area contributed by atoms with Gasteiger partial charge in [-0.3, -0.25) is 0 Å². The van der Waals surface area contributed by atoms with Gasteiger partial charge in [0.1, 0.15) is 0 Å². The Balaban J connectivity index is -0.00000000377. The average molecular weight is 2120 g/mol. The van der Waals surface area contributed by atoms with E-state index in [1.807, 2.05) is 166 Å². The fourth-order valence-corrected chi connectivity index (χ4v) is 0. The summed E-state index contributed by atoms with van der Waals surface area (Å²) in [5, 5.41) is 0. The molecule has 0 aliphatic carbocycles. The molecule has 93 heavy (non-hydrogen) atoms. The van der Waals surface area contributed by atoms with E-state index in [0.29, 0.717) is 20.5 Å². The summed E-state index contributed by atoms with van der Waals surface area (Å²) in [6, 6.07) is 0. The Hall–Kier alpha value is 37.9. The zero-order valence-corrected chi connectivity index (χ0v) is 89.8. The van der Waals surface area contributed by atoms with E-state index in [9.17, 15) is 0 Å². The van der Waals surface area contributed by atoms with Crippen molar-refractivity contribution in [2.45, 2.75) is 349 Å². The molecule has 0 saturated carbocycles. The normalized spacial score (nSPS) is 3.97. The molecule has 656 valence electrons. The molecule has 36 heteroatoms. The second-order valence-corrected chi connectivity index (χ2v) is 11.1. The van der Waals surface area contributed by atoms with E-state index in [2.05, 4.69) is 195 Å². The molecule has 0 aromatic carbocycles. The van der Waals surface area contributed by atoms with Crippen LogP contribution in [0, 0.1) is 1130 Å². The predicted molar refractivity (Wildman–Crippen MR) is 341 cm³/mol. The summed E-state index contributed by atoms with van der Waals surface area (Å²) in [4.78, 5) is 6.50. The van der Waals surface area contributed by atoms with Gasteiger partial charge in [-0.2, -0.15) is 0 Å². The number of hydrogen-bond donors (Lipinski definition) is 0. The Morgan fingerprint density at radius 2 is 0.140 bits per heavy atom. The fraction of sp³-hybridized carbons (Fsp3) is 1.00. The van der Waals surface area contributed by atoms with Crippen LogP contribution in [0.4, 0.5) is 0 Å². The molecule has 0 rings (SSSR count). The van der Waals surface area contributed by atoms with Gasteiger partial charge in [0.2, 0.25) is 20.5 Å². The molecule has 0 N–H and O–H groups in total. The van der Waals surface area contributed by atoms with Gasteiger partial charge in [-0.15, -0.1) is 0 Å². The van der Waals surface area contributed by atoms with E-state index in [1.54, 1.807) is 0 Å². The molecule has 3 nitrogen and oxygen atoms in total. The number of hydrogen-bond acceptors (Lipinski definition) is 3. The van der Waals surface area contributed by atoms with Crippen molar-refractivity contribution in [1.29, 1.82) is 0 Å². The van der Waals surface area contributed by atoms with E-state index in [0.717, 1.165) is 0 Å². The largest absolute Gasteiger partial charge is 0.348 e. The zero-order chi connectivity index (χ0) is 58.4. The predicted octanol–water partition coefficient (Wildman–Crippen LogP) is 24.6. The number of nitrogens with zero attached hydrogens (tertiary/aromatic N) is 3. The molecular formula is C57H164Ar30B3N3. The van der Waals surface area contributed by atoms with Crippen molar-refractivity contribution in [3.05, 3.63) is 0 Å². The molecule has 0 bridgehead atoms. The molecule has 0 aromatic rings. The molecule has 0 atom stereocenters. The first kappa shape index (κ1) is 355. The van der Waals surface area contributed by atoms with Gasteiger partial charge in [0.25, 0.3) is 0 Å². The van der Waals surface area contributed by atoms with Crippen LogP contribution < -0.4 is 0 Å². The van der Waals surface area contributed by atoms with Crippen molar-refractivity contribution in [3.63, 3.8) is 0 Å². The summed E-state index contributed by atoms with van der Waals surface area (Å²) in [6.07, 6.45) is 8.75. The second kappa shape index (κ2) is 546. The topological polar surface area (TPSA) is 9.72 Å². The van der Waals surface area contributed by atoms with E-state index in [4.69, 9.17) is 0 Å². The summed E-state index contributed by atoms with van der Waals surface area (Å²) < 4.78 is 0. The van der Waals surface area contributed by atoms with Crippen molar-refractivity contribution in [2.24, 2.45) is 0 Å². The Kier molecular flexibility index (Phi) is 2080. The van der Waals surface area contributed by atoms with Crippen molar-refractivity contribution in [2.75, 3.05) is 42.3 Å². The first-order valence-corrected chi connectivity index (χ1v) is 28.8. The van der Waals surface area contributed by atoms with Gasteiger partial charge in [0.05, 0.1) is 0 Å². The summed E-state index contributed by atoms with van der Waals surface area (Å²) in [5.74, 6) is 0. The first-order valence-electron chi connectivity index (χ1n) is 28.8. The molecule has 0 spiro atoms. The van der Waals surface area contributed by atoms with Crippen LogP contribution in [0.1, 0.15) is 308 Å². The zero-order valence-electron chi connectivity index (χ0n) is 68.6. The molecule has 0 heterocycles. The Bertz CT molecular complexity index is 273. The molecule has 0 aliphatic rings. The Labute approximate surface area is 1510 Å². The van der Waals surface area contributed by atoms with Crippen LogP contribution >= 0.6 is 0 Å². The van der Waals surface area contributed by atoms with Crippen molar-refractivity contribution >= 4 is 20.5 Å². The maximum atomic E-state index is 2.17. The van der Waals surface area contributed by atoms with Crippen LogP contribution in [0.5, 0.6) is 0 Å². The van der Waals surface area contributed by atoms with Crippen molar-refractivity contribution in [1.82, 2.24) is 14.4 Å². The molecular weight excluding hydrogens is 1960 g/mol. The van der Waals surface area contributed by atoms with Crippen LogP contribution in [0.3, 0.4) is 0 Å². The molecule has 0 saturated heterocycles. The Morgan fingerprint density at radius 1 is 0.129 bits per heavy atom. The van der Waals surface area contributed by atoms with Gasteiger partial charge >= 0.3 is 0 Å². The molecule has 0 unspecified atom stereocenters. The van der Waals surface area contributed by atoms with Crippen molar-refractivity contribution in [3.8, 4) is 0 Å². The smallest absolute Gasteiger partial charge is 0.216 e. The SMILES string of the molecule is CB(C)N(C)C.CB(C)N(C)C.CB(C)N(C)C.CC.CC.CC.CC.CC.CC.CC.CC.CC.CC.CC.CC.CCC.CCC.CCC.CCC.CCC.CCC.CCC.[Ar].[Ar].[Ar].[Ar].[Ar].[Ar].[Ar].[Ar].[Ar].[Ar].[Ar].[Ar].[Ar].[Ar].[Ar].[Ar].[Ar].[Ar].[Ar].[Ar].[Ar].[Ar].[Ar].[Ar].[Ar].[Ar].[Ar].[Ar].[Ar].[Ar]. The molecule has 0 amide bonds. The van der Waals surface area contributed by atoms with Gasteiger partial charge in [-0.1, -0.05) is 349 Å². The monoisotopic (exact) mass is 2120 g/mol. The van der Waals surface area contributed by atoms with Crippen LogP contribution in [-0.2, 0) is 0 Å². The van der Waals surface area contributed by atoms with E-state index < -0.39 is 0 Å². The molecule has 0 aliphatic heterocycles. The van der Waals surface area contributed by atoms with Gasteiger partial charge in [-0.05, 0) is 42.3 Å². The minimum atomic E-state index is 0. The van der Waals surface area contributed by atoms with Gasteiger partial charge in [-0.25, -0.2) is 0 Å². The molecule has 0 radical (unpaired) electrons. The minimum absolute atomic E-state index is 0. The fourth-order valence-electron chi connectivity index (χ4n) is 0. The summed E-state index contributed by atoms with van der Waals surface area (Å²) in [6.45, 7) is 92.8. The van der Waals surface area contributed by atoms with Crippen molar-refractivity contribution < 1.29 is 1130 Å². The average Bonchev–Trinajstić information content (AvgIpc) is 3.31. The standard InChI is InChI=1S/3C4H12BN.7C3H8.12C2H6.30Ar/c3*1-5(2)6(3)4;7*1-3-2;12*1-2;;;;;;;;;;;;;;;;;;;;;;;;;;;;;;/h3*1-4H3;7*3H2,1-2H3;12*1-2H3;;;;;;;;;;;;;;;;;;;;;;;;;;;;;;. The summed E-state index contributed by atoms with van der Waals surface area (Å²) in [7, 11) is 12.4. The second-order valence-electron chi connectivity index (χ2n) is 11.1. The maximum Gasteiger partial charge on any atom is 0.216 e. The van der Waals surface area contributed by atoms with Crippen LogP contribution in [-0.4, -0.2) is 77.3 Å². The van der Waals surface area contributed by atoms with Gasteiger partial charge < -0.3 is 14.4 Å². The third kappa shape index (κ3) is 854. The molecule has 0 aromatic heterocycles. The first-order chi connectivity index (χ1) is 29.8. The van der Waals surface area contributed by atoms with Crippen LogP contribution in [0.2, 0.25) is 40.9 Å². The van der Waals surface area contributed by atoms with E-state index >= 15 is 0 Å². The van der Waals surface area contributed by atoms with E-state index in [1.165, 1.54) is 44.9 Å². The van der Waals surface area contributed by atoms with Crippen LogP contribution in [0.25, 0.3) is 0 Å². The van der Waals surface area contributed by atoms with Crippen LogP contribution in [0.15, 0.2) is 0 Å². The van der Waals surface area contributed by atoms with E-state index in [-0.39, 0.29) is 1130 Å². The Morgan fingerprint density at radius 3 is 0.140 bits per heavy atom. The summed E-state index contributed by atoms with van der Waals surface area (Å²) in [5.41, 5.74) is 0. The molecule has 0 fully saturated rings. The van der Waals surface area contributed by atoms with Gasteiger partial charge in [0, 0.05) is 1130 Å². The number of rotatable bonds is 3. The van der Waals surface area contributed by atoms with Gasteiger partial charge in [0.15, 0.2) is 0 Å². The maximum absolute atomic E-state index is 2.17. The summed E-state index contributed by atoms with van der Waals surface area (Å²) >= 11 is 0.